The van der Waals surface area contributed by atoms with Crippen molar-refractivity contribution in [3.8, 4) is 0 Å². The third-order valence-electron chi connectivity index (χ3n) is 7.59. The van der Waals surface area contributed by atoms with Gasteiger partial charge >= 0.3 is 0 Å². The average molecular weight is 498 g/mol. The van der Waals surface area contributed by atoms with E-state index in [0.29, 0.717) is 25.3 Å². The van der Waals surface area contributed by atoms with Gasteiger partial charge in [-0.25, -0.2) is 0 Å². The molecule has 1 aromatic heterocycles. The Morgan fingerprint density at radius 3 is 2.60 bits per heavy atom. The fraction of sp³-hybridized carbons (Fsp3) is 0.556. The summed E-state index contributed by atoms with van der Waals surface area (Å²) in [6, 6.07) is 12.0. The van der Waals surface area contributed by atoms with E-state index < -0.39 is 0 Å². The lowest BCUT2D eigenvalue weighted by atomic mass is 9.86. The predicted octanol–water partition coefficient (Wildman–Crippen LogP) is 3.39. The van der Waals surface area contributed by atoms with Gasteiger partial charge in [0.05, 0.1) is 31.8 Å². The number of aryl methyl sites for hydroxylation is 1. The molecule has 3 fully saturated rings. The largest absolute Gasteiger partial charge is 0.381 e. The number of carbonyl (C=O) groups excluding carboxylic acids is 2. The maximum absolute atomic E-state index is 13.7. The fourth-order valence-electron chi connectivity index (χ4n) is 5.66. The van der Waals surface area contributed by atoms with Crippen molar-refractivity contribution in [2.24, 2.45) is 11.8 Å². The summed E-state index contributed by atoms with van der Waals surface area (Å²) in [7, 11) is 0. The standard InChI is InChI=1S/C27H35N3O4S/c1-19-4-6-21(7-5-19)30-25(31)9-8-22(26(30)24-3-2-16-35-24)27(32)28-17-23(20-10-13-34-18-20)29-11-14-33-15-12-29/h2-7,16,20,22-23,26H,8-15,17-18H2,1H3,(H,28,32). The van der Waals surface area contributed by atoms with E-state index in [2.05, 4.69) is 10.2 Å². The van der Waals surface area contributed by atoms with Crippen LogP contribution in [0.2, 0.25) is 0 Å². The molecule has 8 heteroatoms. The van der Waals surface area contributed by atoms with Crippen LogP contribution in [0.15, 0.2) is 41.8 Å². The van der Waals surface area contributed by atoms with Gasteiger partial charge in [-0.3, -0.25) is 14.5 Å². The zero-order valence-electron chi connectivity index (χ0n) is 20.4. The molecule has 0 spiro atoms. The molecule has 188 valence electrons. The first-order chi connectivity index (χ1) is 17.1. The normalized spacial score (nSPS) is 26.6. The lowest BCUT2D eigenvalue weighted by molar-refractivity contribution is -0.129. The number of amides is 2. The van der Waals surface area contributed by atoms with E-state index in [1.165, 1.54) is 0 Å². The Labute approximate surface area is 211 Å². The van der Waals surface area contributed by atoms with E-state index in [4.69, 9.17) is 9.47 Å². The number of hydrogen-bond donors (Lipinski definition) is 1. The van der Waals surface area contributed by atoms with E-state index >= 15 is 0 Å². The molecule has 4 unspecified atom stereocenters. The molecule has 2 amide bonds. The zero-order chi connectivity index (χ0) is 24.2. The number of carbonyl (C=O) groups is 2. The van der Waals surface area contributed by atoms with Gasteiger partial charge in [0.2, 0.25) is 11.8 Å². The van der Waals surface area contributed by atoms with Gasteiger partial charge in [0.15, 0.2) is 0 Å². The molecule has 0 bridgehead atoms. The molecule has 4 heterocycles. The molecule has 1 N–H and O–H groups in total. The van der Waals surface area contributed by atoms with Gasteiger partial charge in [-0.1, -0.05) is 23.8 Å². The van der Waals surface area contributed by atoms with Crippen LogP contribution in [0.5, 0.6) is 0 Å². The third-order valence-corrected chi connectivity index (χ3v) is 8.53. The lowest BCUT2D eigenvalue weighted by Gasteiger charge is -2.41. The molecule has 0 aliphatic carbocycles. The molecule has 4 atom stereocenters. The van der Waals surface area contributed by atoms with Gasteiger partial charge in [0.25, 0.3) is 0 Å². The van der Waals surface area contributed by atoms with Crippen LogP contribution in [-0.4, -0.2) is 68.8 Å². The summed E-state index contributed by atoms with van der Waals surface area (Å²) in [4.78, 5) is 32.2. The molecule has 0 radical (unpaired) electrons. The van der Waals surface area contributed by atoms with E-state index in [1.807, 2.05) is 53.6 Å². The summed E-state index contributed by atoms with van der Waals surface area (Å²) in [6.45, 7) is 7.39. The van der Waals surface area contributed by atoms with E-state index in [9.17, 15) is 9.59 Å². The Kier molecular flexibility index (Phi) is 7.82. The minimum absolute atomic E-state index is 0.0326. The number of rotatable bonds is 7. The number of anilines is 1. The molecule has 35 heavy (non-hydrogen) atoms. The first kappa shape index (κ1) is 24.4. The molecule has 3 aliphatic rings. The summed E-state index contributed by atoms with van der Waals surface area (Å²) in [5.41, 5.74) is 2.00. The maximum Gasteiger partial charge on any atom is 0.227 e. The Morgan fingerprint density at radius 1 is 1.11 bits per heavy atom. The maximum atomic E-state index is 13.7. The van der Waals surface area contributed by atoms with Crippen molar-refractivity contribution >= 4 is 28.8 Å². The SMILES string of the molecule is Cc1ccc(N2C(=O)CCC(C(=O)NCC(C3CCOC3)N3CCOCC3)C2c2cccs2)cc1. The van der Waals surface area contributed by atoms with Crippen LogP contribution in [0.4, 0.5) is 5.69 Å². The number of nitrogens with one attached hydrogen (secondary N) is 1. The highest BCUT2D eigenvalue weighted by Gasteiger charge is 2.42. The summed E-state index contributed by atoms with van der Waals surface area (Å²) >= 11 is 1.61. The van der Waals surface area contributed by atoms with E-state index in [0.717, 1.165) is 62.1 Å². The van der Waals surface area contributed by atoms with Crippen LogP contribution in [0.25, 0.3) is 0 Å². The average Bonchev–Trinajstić information content (AvgIpc) is 3.60. The summed E-state index contributed by atoms with van der Waals surface area (Å²) in [5, 5.41) is 5.32. The van der Waals surface area contributed by atoms with Gasteiger partial charge in [0, 0.05) is 55.2 Å². The second kappa shape index (κ2) is 11.2. The van der Waals surface area contributed by atoms with Gasteiger partial charge in [-0.05, 0) is 43.3 Å². The van der Waals surface area contributed by atoms with Crippen molar-refractivity contribution in [2.75, 3.05) is 51.0 Å². The van der Waals surface area contributed by atoms with Crippen molar-refractivity contribution in [3.05, 3.63) is 52.2 Å². The van der Waals surface area contributed by atoms with Gasteiger partial charge in [-0.15, -0.1) is 11.3 Å². The minimum atomic E-state index is -0.296. The fourth-order valence-corrected chi connectivity index (χ4v) is 6.54. The van der Waals surface area contributed by atoms with Crippen LogP contribution in [0, 0.1) is 18.8 Å². The van der Waals surface area contributed by atoms with E-state index in [1.54, 1.807) is 11.3 Å². The number of nitrogens with zero attached hydrogens (tertiary/aromatic N) is 2. The molecular formula is C27H35N3O4S. The zero-order valence-corrected chi connectivity index (χ0v) is 21.2. The Balaban J connectivity index is 1.36. The molecule has 7 nitrogen and oxygen atoms in total. The topological polar surface area (TPSA) is 71.1 Å². The molecule has 5 rings (SSSR count). The van der Waals surface area contributed by atoms with Crippen LogP contribution in [0.1, 0.15) is 35.7 Å². The molecule has 1 aromatic carbocycles. The smallest absolute Gasteiger partial charge is 0.227 e. The molecular weight excluding hydrogens is 462 g/mol. The van der Waals surface area contributed by atoms with Gasteiger partial charge in [0.1, 0.15) is 0 Å². The van der Waals surface area contributed by atoms with E-state index in [-0.39, 0.29) is 29.8 Å². The number of benzene rings is 1. The van der Waals surface area contributed by atoms with Crippen LogP contribution >= 0.6 is 11.3 Å². The summed E-state index contributed by atoms with van der Waals surface area (Å²) in [5.74, 6) is 0.229. The Bertz CT molecular complexity index is 984. The van der Waals surface area contributed by atoms with Crippen molar-refractivity contribution < 1.29 is 19.1 Å². The number of ether oxygens (including phenoxy) is 2. The second-order valence-electron chi connectivity index (χ2n) is 9.79. The highest BCUT2D eigenvalue weighted by atomic mass is 32.1. The number of thiophene rings is 1. The third kappa shape index (κ3) is 5.45. The molecule has 0 saturated carbocycles. The van der Waals surface area contributed by atoms with Crippen molar-refractivity contribution in [2.45, 2.75) is 38.3 Å². The quantitative estimate of drug-likeness (QED) is 0.635. The van der Waals surface area contributed by atoms with Crippen LogP contribution in [-0.2, 0) is 19.1 Å². The van der Waals surface area contributed by atoms with Crippen molar-refractivity contribution in [3.63, 3.8) is 0 Å². The van der Waals surface area contributed by atoms with Crippen molar-refractivity contribution in [1.82, 2.24) is 10.2 Å². The highest BCUT2D eigenvalue weighted by molar-refractivity contribution is 7.10. The lowest BCUT2D eigenvalue weighted by Crippen LogP contribution is -2.54. The minimum Gasteiger partial charge on any atom is -0.381 e. The molecule has 2 aromatic rings. The molecule has 3 saturated heterocycles. The first-order valence-electron chi connectivity index (χ1n) is 12.7. The Hall–Kier alpha value is -2.26. The van der Waals surface area contributed by atoms with Gasteiger partial charge < -0.3 is 19.7 Å². The predicted molar refractivity (Wildman–Crippen MR) is 137 cm³/mol. The molecule has 3 aliphatic heterocycles. The summed E-state index contributed by atoms with van der Waals surface area (Å²) in [6.07, 6.45) is 1.95. The van der Waals surface area contributed by atoms with Gasteiger partial charge in [-0.2, -0.15) is 0 Å². The first-order valence-corrected chi connectivity index (χ1v) is 13.6. The second-order valence-corrected chi connectivity index (χ2v) is 10.8. The van der Waals surface area contributed by atoms with Crippen LogP contribution < -0.4 is 10.2 Å². The highest BCUT2D eigenvalue weighted by Crippen LogP contribution is 2.41. The number of hydrogen-bond acceptors (Lipinski definition) is 6. The van der Waals surface area contributed by atoms with Crippen LogP contribution in [0.3, 0.4) is 0 Å². The summed E-state index contributed by atoms with van der Waals surface area (Å²) < 4.78 is 11.3. The Morgan fingerprint density at radius 2 is 1.91 bits per heavy atom. The number of piperidine rings is 1. The van der Waals surface area contributed by atoms with Crippen molar-refractivity contribution in [1.29, 1.82) is 0 Å². The monoisotopic (exact) mass is 497 g/mol. The number of morpholine rings is 1.